The van der Waals surface area contributed by atoms with E-state index in [4.69, 9.17) is 0 Å². The topological polar surface area (TPSA) is 33.5 Å². The molecule has 1 aliphatic carbocycles. The lowest BCUT2D eigenvalue weighted by molar-refractivity contribution is -0.946. The highest BCUT2D eigenvalue weighted by molar-refractivity contribution is 5.95. The third-order valence-electron chi connectivity index (χ3n) is 6.03. The first kappa shape index (κ1) is 17.5. The molecule has 2 N–H and O–H groups in total. The fourth-order valence-corrected chi connectivity index (χ4v) is 4.89. The molecule has 24 heavy (non-hydrogen) atoms. The van der Waals surface area contributed by atoms with Gasteiger partial charge in [-0.2, -0.15) is 0 Å². The minimum Gasteiger partial charge on any atom is -0.322 e. The summed E-state index contributed by atoms with van der Waals surface area (Å²) in [6.45, 7) is 7.49. The number of carbonyl (C=O) groups is 1. The van der Waals surface area contributed by atoms with Gasteiger partial charge >= 0.3 is 0 Å². The SMILES string of the molecule is Cc1cc(C)c(NC(=O)C2CCCC[NH+]2C2CCCCC2)c(C)c1. The average Bonchev–Trinajstić information content (AvgIpc) is 2.58. The minimum absolute atomic E-state index is 0.141. The number of hydrogen-bond donors (Lipinski definition) is 2. The van der Waals surface area contributed by atoms with Gasteiger partial charge in [0.25, 0.3) is 5.91 Å². The molecular formula is C21H33N2O+. The molecule has 2 unspecified atom stereocenters. The minimum atomic E-state index is 0.141. The van der Waals surface area contributed by atoms with E-state index in [0.29, 0.717) is 6.04 Å². The predicted molar refractivity (Wildman–Crippen MR) is 99.6 cm³/mol. The number of piperidine rings is 1. The Morgan fingerprint density at radius 3 is 2.25 bits per heavy atom. The maximum Gasteiger partial charge on any atom is 0.282 e. The summed E-state index contributed by atoms with van der Waals surface area (Å²) in [5, 5.41) is 3.28. The fraction of sp³-hybridized carbons (Fsp3) is 0.667. The average molecular weight is 330 g/mol. The van der Waals surface area contributed by atoms with Crippen molar-refractivity contribution in [3.05, 3.63) is 28.8 Å². The Hall–Kier alpha value is -1.35. The molecule has 2 fully saturated rings. The van der Waals surface area contributed by atoms with E-state index in [1.54, 1.807) is 4.90 Å². The summed E-state index contributed by atoms with van der Waals surface area (Å²) in [6, 6.07) is 5.17. The van der Waals surface area contributed by atoms with Crippen LogP contribution in [0.25, 0.3) is 0 Å². The second-order valence-corrected chi connectivity index (χ2v) is 7.97. The van der Waals surface area contributed by atoms with Crippen molar-refractivity contribution in [2.24, 2.45) is 0 Å². The highest BCUT2D eigenvalue weighted by Crippen LogP contribution is 2.23. The summed E-state index contributed by atoms with van der Waals surface area (Å²) in [5.41, 5.74) is 4.64. The lowest BCUT2D eigenvalue weighted by Gasteiger charge is -2.39. The van der Waals surface area contributed by atoms with Gasteiger partial charge in [-0.15, -0.1) is 0 Å². The second-order valence-electron chi connectivity index (χ2n) is 7.97. The Bertz CT molecular complexity index is 566. The smallest absolute Gasteiger partial charge is 0.282 e. The Kier molecular flexibility index (Phi) is 5.60. The van der Waals surface area contributed by atoms with E-state index in [1.165, 1.54) is 68.2 Å². The molecule has 2 atom stereocenters. The molecule has 3 nitrogen and oxygen atoms in total. The Balaban J connectivity index is 1.74. The molecule has 3 rings (SSSR count). The summed E-state index contributed by atoms with van der Waals surface area (Å²) in [5.74, 6) is 0.241. The van der Waals surface area contributed by atoms with Crippen LogP contribution >= 0.6 is 0 Å². The Morgan fingerprint density at radius 1 is 0.958 bits per heavy atom. The van der Waals surface area contributed by atoms with Crippen molar-refractivity contribution in [3.63, 3.8) is 0 Å². The van der Waals surface area contributed by atoms with E-state index in [-0.39, 0.29) is 11.9 Å². The summed E-state index contributed by atoms with van der Waals surface area (Å²) >= 11 is 0. The van der Waals surface area contributed by atoms with Crippen molar-refractivity contribution in [2.45, 2.75) is 84.2 Å². The van der Waals surface area contributed by atoms with Crippen molar-refractivity contribution in [3.8, 4) is 0 Å². The number of anilines is 1. The third-order valence-corrected chi connectivity index (χ3v) is 6.03. The second kappa shape index (κ2) is 7.69. The molecule has 1 saturated carbocycles. The number of benzene rings is 1. The van der Waals surface area contributed by atoms with Crippen molar-refractivity contribution in [1.29, 1.82) is 0 Å². The Labute approximate surface area is 146 Å². The number of quaternary nitrogens is 1. The molecule has 1 heterocycles. The molecule has 3 heteroatoms. The number of nitrogens with one attached hydrogen (secondary N) is 2. The van der Waals surface area contributed by atoms with Crippen LogP contribution in [0.3, 0.4) is 0 Å². The molecule has 2 aliphatic rings. The standard InChI is InChI=1S/C21H32N2O/c1-15-13-16(2)20(17(3)14-15)22-21(24)19-11-7-8-12-23(19)18-9-5-4-6-10-18/h13-14,18-19H,4-12H2,1-3H3,(H,22,24)/p+1. The highest BCUT2D eigenvalue weighted by Gasteiger charge is 2.37. The number of likely N-dealkylation sites (tertiary alicyclic amines) is 1. The van der Waals surface area contributed by atoms with Gasteiger partial charge in [0.1, 0.15) is 0 Å². The predicted octanol–water partition coefficient (Wildman–Crippen LogP) is 3.32. The Morgan fingerprint density at radius 2 is 1.58 bits per heavy atom. The van der Waals surface area contributed by atoms with Crippen molar-refractivity contribution in [1.82, 2.24) is 0 Å². The van der Waals surface area contributed by atoms with Crippen molar-refractivity contribution in [2.75, 3.05) is 11.9 Å². The summed E-state index contributed by atoms with van der Waals surface area (Å²) in [4.78, 5) is 14.6. The lowest BCUT2D eigenvalue weighted by atomic mass is 9.90. The lowest BCUT2D eigenvalue weighted by Crippen LogP contribution is -3.21. The quantitative estimate of drug-likeness (QED) is 0.876. The van der Waals surface area contributed by atoms with Crippen LogP contribution in [0.4, 0.5) is 5.69 Å². The fourth-order valence-electron chi connectivity index (χ4n) is 4.89. The molecule has 132 valence electrons. The van der Waals surface area contributed by atoms with Crippen LogP contribution in [0.1, 0.15) is 68.1 Å². The van der Waals surface area contributed by atoms with Crippen LogP contribution < -0.4 is 10.2 Å². The maximum absolute atomic E-state index is 13.1. The van der Waals surface area contributed by atoms with Gasteiger partial charge in [-0.3, -0.25) is 4.79 Å². The molecule has 1 aromatic rings. The molecule has 0 spiro atoms. The van der Waals surface area contributed by atoms with Crippen LogP contribution in [0.5, 0.6) is 0 Å². The molecule has 1 saturated heterocycles. The molecule has 1 aliphatic heterocycles. The summed E-state index contributed by atoms with van der Waals surface area (Å²) < 4.78 is 0. The van der Waals surface area contributed by atoms with E-state index in [0.717, 1.165) is 12.1 Å². The molecule has 1 aromatic carbocycles. The third kappa shape index (κ3) is 3.83. The van der Waals surface area contributed by atoms with Gasteiger partial charge < -0.3 is 10.2 Å². The van der Waals surface area contributed by atoms with E-state index >= 15 is 0 Å². The first-order chi connectivity index (χ1) is 11.6. The van der Waals surface area contributed by atoms with Crippen LogP contribution in [-0.4, -0.2) is 24.5 Å². The zero-order valence-electron chi connectivity index (χ0n) is 15.6. The first-order valence-electron chi connectivity index (χ1n) is 9.80. The molecule has 0 aromatic heterocycles. The zero-order valence-corrected chi connectivity index (χ0v) is 15.6. The normalized spacial score (nSPS) is 25.5. The van der Waals surface area contributed by atoms with E-state index in [1.807, 2.05) is 0 Å². The number of rotatable bonds is 3. The van der Waals surface area contributed by atoms with Gasteiger partial charge in [0.05, 0.1) is 12.6 Å². The summed E-state index contributed by atoms with van der Waals surface area (Å²) in [6.07, 6.45) is 10.2. The van der Waals surface area contributed by atoms with Gasteiger partial charge in [-0.25, -0.2) is 0 Å². The monoisotopic (exact) mass is 329 g/mol. The van der Waals surface area contributed by atoms with Crippen LogP contribution in [0.2, 0.25) is 0 Å². The van der Waals surface area contributed by atoms with Crippen LogP contribution in [0.15, 0.2) is 12.1 Å². The van der Waals surface area contributed by atoms with Gasteiger partial charge in [-0.1, -0.05) is 24.1 Å². The molecule has 1 amide bonds. The number of hydrogen-bond acceptors (Lipinski definition) is 1. The molecule has 0 bridgehead atoms. The van der Waals surface area contributed by atoms with E-state index < -0.39 is 0 Å². The highest BCUT2D eigenvalue weighted by atomic mass is 16.2. The van der Waals surface area contributed by atoms with E-state index in [9.17, 15) is 4.79 Å². The summed E-state index contributed by atoms with van der Waals surface area (Å²) in [7, 11) is 0. The molecule has 0 radical (unpaired) electrons. The van der Waals surface area contributed by atoms with E-state index in [2.05, 4.69) is 38.2 Å². The van der Waals surface area contributed by atoms with Crippen LogP contribution in [0, 0.1) is 20.8 Å². The van der Waals surface area contributed by atoms with Gasteiger partial charge in [0.15, 0.2) is 6.04 Å². The van der Waals surface area contributed by atoms with Gasteiger partial charge in [0, 0.05) is 12.1 Å². The van der Waals surface area contributed by atoms with Gasteiger partial charge in [0.2, 0.25) is 0 Å². The number of aryl methyl sites for hydroxylation is 3. The number of amides is 1. The molecular weight excluding hydrogens is 296 g/mol. The van der Waals surface area contributed by atoms with Gasteiger partial charge in [-0.05, 0) is 70.4 Å². The number of carbonyl (C=O) groups excluding carboxylic acids is 1. The van der Waals surface area contributed by atoms with Crippen LogP contribution in [-0.2, 0) is 4.79 Å². The maximum atomic E-state index is 13.1. The first-order valence-corrected chi connectivity index (χ1v) is 9.80. The zero-order chi connectivity index (χ0) is 17.1. The van der Waals surface area contributed by atoms with Crippen molar-refractivity contribution < 1.29 is 9.69 Å². The largest absolute Gasteiger partial charge is 0.322 e. The van der Waals surface area contributed by atoms with Crippen molar-refractivity contribution >= 4 is 11.6 Å².